The van der Waals surface area contributed by atoms with Gasteiger partial charge in [-0.3, -0.25) is 9.59 Å². The number of carbonyl (C=O) groups is 2. The van der Waals surface area contributed by atoms with Gasteiger partial charge in [-0.1, -0.05) is 48.5 Å². The Morgan fingerprint density at radius 1 is 1.00 bits per heavy atom. The van der Waals surface area contributed by atoms with Gasteiger partial charge >= 0.3 is 6.18 Å². The van der Waals surface area contributed by atoms with Crippen molar-refractivity contribution >= 4 is 23.0 Å². The molecule has 0 bridgehead atoms. The second kappa shape index (κ2) is 14.7. The lowest BCUT2D eigenvalue weighted by atomic mass is 9.85. The van der Waals surface area contributed by atoms with Gasteiger partial charge in [-0.2, -0.15) is 13.2 Å². The summed E-state index contributed by atoms with van der Waals surface area (Å²) in [5, 5.41) is 14.2. The maximum atomic E-state index is 13.8. The number of hydrogen-bond donors (Lipinski definition) is 1. The van der Waals surface area contributed by atoms with Crippen molar-refractivity contribution in [2.45, 2.75) is 77.1 Å². The number of hydrogen-bond acceptors (Lipinski definition) is 5. The maximum Gasteiger partial charge on any atom is 0.416 e. The van der Waals surface area contributed by atoms with E-state index in [4.69, 9.17) is 0 Å². The molecule has 1 fully saturated rings. The van der Waals surface area contributed by atoms with E-state index >= 15 is 0 Å². The molecule has 1 N–H and O–H groups in total. The quantitative estimate of drug-likeness (QED) is 0.156. The third-order valence-electron chi connectivity index (χ3n) is 8.63. The van der Waals surface area contributed by atoms with Gasteiger partial charge in [0.15, 0.2) is 5.78 Å². The standard InChI is InChI=1S/C37H39F3N2O3S/c1-24-17-28(21-30(18-24)36(45)42-16-8-14-32(42)35-41-25(2)23-46-35)34(44)22-29(19-26-9-4-3-5-10-26)33(43)15-7-12-27-11-6-13-31(20-27)37(38,39)40/h3-6,9-11,13,17-18,20-21,23,29,32-33,43H,7-8,12,14-16,19,22H2,1-2H3/t29-,32-,33-/m1/s1. The van der Waals surface area contributed by atoms with E-state index in [1.165, 1.54) is 6.07 Å². The number of aliphatic hydroxyl groups excluding tert-OH is 1. The molecule has 0 spiro atoms. The number of aromatic nitrogens is 1. The van der Waals surface area contributed by atoms with Crippen LogP contribution >= 0.6 is 11.3 Å². The van der Waals surface area contributed by atoms with Crippen molar-refractivity contribution in [2.75, 3.05) is 6.54 Å². The highest BCUT2D eigenvalue weighted by molar-refractivity contribution is 7.09. The smallest absolute Gasteiger partial charge is 0.393 e. The normalized spacial score (nSPS) is 16.4. The average Bonchev–Trinajstić information content (AvgIpc) is 3.69. The molecule has 0 unspecified atom stereocenters. The van der Waals surface area contributed by atoms with E-state index in [2.05, 4.69) is 4.98 Å². The molecule has 1 aliphatic heterocycles. The lowest BCUT2D eigenvalue weighted by Gasteiger charge is -2.24. The number of nitrogens with zero attached hydrogens (tertiary/aromatic N) is 2. The van der Waals surface area contributed by atoms with Crippen LogP contribution in [0.4, 0.5) is 13.2 Å². The molecule has 5 nitrogen and oxygen atoms in total. The van der Waals surface area contributed by atoms with E-state index in [0.717, 1.165) is 46.8 Å². The monoisotopic (exact) mass is 648 g/mol. The van der Waals surface area contributed by atoms with E-state index < -0.39 is 23.8 Å². The first-order valence-electron chi connectivity index (χ1n) is 15.7. The molecule has 1 saturated heterocycles. The van der Waals surface area contributed by atoms with Gasteiger partial charge in [0.2, 0.25) is 0 Å². The number of halogens is 3. The van der Waals surface area contributed by atoms with Crippen LogP contribution in [-0.4, -0.2) is 39.3 Å². The highest BCUT2D eigenvalue weighted by Gasteiger charge is 2.33. The van der Waals surface area contributed by atoms with E-state index in [9.17, 15) is 27.9 Å². The summed E-state index contributed by atoms with van der Waals surface area (Å²) in [7, 11) is 0. The number of carbonyl (C=O) groups excluding carboxylic acids is 2. The Labute approximate surface area is 272 Å². The zero-order valence-corrected chi connectivity index (χ0v) is 26.9. The SMILES string of the molecule is Cc1cc(C(=O)C[C@@H](Cc2ccccc2)[C@H](O)CCCc2cccc(C(F)(F)F)c2)cc(C(=O)N2CCC[C@@H]2c2nc(C)cs2)c1. The number of alkyl halides is 3. The maximum absolute atomic E-state index is 13.8. The van der Waals surface area contributed by atoms with Crippen LogP contribution < -0.4 is 0 Å². The minimum absolute atomic E-state index is 0.0709. The van der Waals surface area contributed by atoms with E-state index in [-0.39, 0.29) is 24.2 Å². The van der Waals surface area contributed by atoms with Crippen LogP contribution in [0.15, 0.2) is 78.2 Å². The van der Waals surface area contributed by atoms with Crippen LogP contribution in [0.3, 0.4) is 0 Å². The Balaban J connectivity index is 1.29. The Bertz CT molecular complexity index is 1650. The van der Waals surface area contributed by atoms with Crippen molar-refractivity contribution in [2.24, 2.45) is 5.92 Å². The Hall–Kier alpha value is -3.82. The minimum Gasteiger partial charge on any atom is -0.393 e. The molecule has 2 heterocycles. The zero-order chi connectivity index (χ0) is 32.8. The Morgan fingerprint density at radius 3 is 2.46 bits per heavy atom. The third-order valence-corrected chi connectivity index (χ3v) is 9.70. The number of thiazole rings is 1. The molecule has 0 saturated carbocycles. The molecule has 1 amide bonds. The highest BCUT2D eigenvalue weighted by atomic mass is 32.1. The number of benzene rings is 3. The summed E-state index contributed by atoms with van der Waals surface area (Å²) >= 11 is 1.56. The summed E-state index contributed by atoms with van der Waals surface area (Å²) < 4.78 is 39.5. The first kappa shape index (κ1) is 33.5. The fraction of sp³-hybridized carbons (Fsp3) is 0.378. The summed E-state index contributed by atoms with van der Waals surface area (Å²) in [5.41, 5.74) is 3.48. The Morgan fingerprint density at radius 2 is 1.74 bits per heavy atom. The van der Waals surface area contributed by atoms with Gasteiger partial charge in [0, 0.05) is 35.2 Å². The largest absolute Gasteiger partial charge is 0.416 e. The topological polar surface area (TPSA) is 70.5 Å². The van der Waals surface area contributed by atoms with Gasteiger partial charge in [-0.25, -0.2) is 4.98 Å². The summed E-state index contributed by atoms with van der Waals surface area (Å²) in [6.07, 6.45) is -1.78. The molecule has 1 aliphatic rings. The van der Waals surface area contributed by atoms with Crippen molar-refractivity contribution in [1.82, 2.24) is 9.88 Å². The zero-order valence-electron chi connectivity index (χ0n) is 26.1. The molecule has 0 radical (unpaired) electrons. The first-order chi connectivity index (χ1) is 22.0. The number of aryl methyl sites for hydroxylation is 3. The van der Waals surface area contributed by atoms with Crippen molar-refractivity contribution in [3.8, 4) is 0 Å². The number of ketones is 1. The molecular formula is C37H39F3N2O3S. The summed E-state index contributed by atoms with van der Waals surface area (Å²) in [6, 6.07) is 20.1. The van der Waals surface area contributed by atoms with E-state index in [0.29, 0.717) is 48.9 Å². The number of aliphatic hydroxyl groups is 1. The molecular weight excluding hydrogens is 609 g/mol. The van der Waals surface area contributed by atoms with Gasteiger partial charge in [0.25, 0.3) is 5.91 Å². The third kappa shape index (κ3) is 8.50. The average molecular weight is 649 g/mol. The van der Waals surface area contributed by atoms with Crippen molar-refractivity contribution in [1.29, 1.82) is 0 Å². The molecule has 46 heavy (non-hydrogen) atoms. The molecule has 4 aromatic rings. The number of rotatable bonds is 12. The van der Waals surface area contributed by atoms with Gasteiger partial charge in [0.1, 0.15) is 5.01 Å². The molecule has 9 heteroatoms. The summed E-state index contributed by atoms with van der Waals surface area (Å²) in [5.74, 6) is -0.695. The first-order valence-corrected chi connectivity index (χ1v) is 16.6. The molecule has 3 aromatic carbocycles. The van der Waals surface area contributed by atoms with Crippen LogP contribution in [0.1, 0.15) is 91.8 Å². The second-order valence-corrected chi connectivity index (χ2v) is 13.2. The van der Waals surface area contributed by atoms with Crippen molar-refractivity contribution in [3.63, 3.8) is 0 Å². The lowest BCUT2D eigenvalue weighted by Crippen LogP contribution is -2.31. The van der Waals surface area contributed by atoms with Crippen LogP contribution in [0, 0.1) is 19.8 Å². The van der Waals surface area contributed by atoms with Crippen LogP contribution in [0.2, 0.25) is 0 Å². The van der Waals surface area contributed by atoms with E-state index in [1.54, 1.807) is 29.5 Å². The van der Waals surface area contributed by atoms with Crippen LogP contribution in [0.25, 0.3) is 0 Å². The van der Waals surface area contributed by atoms with Crippen molar-refractivity contribution < 1.29 is 27.9 Å². The molecule has 0 aliphatic carbocycles. The fourth-order valence-corrected chi connectivity index (χ4v) is 7.24. The predicted molar refractivity (Wildman–Crippen MR) is 174 cm³/mol. The van der Waals surface area contributed by atoms with Gasteiger partial charge in [-0.05, 0) is 99.2 Å². The van der Waals surface area contributed by atoms with Gasteiger partial charge in [0.05, 0.1) is 17.7 Å². The molecule has 3 atom stereocenters. The van der Waals surface area contributed by atoms with Crippen LogP contribution in [0.5, 0.6) is 0 Å². The molecule has 242 valence electrons. The number of likely N-dealkylation sites (tertiary alicyclic amines) is 1. The molecule has 1 aromatic heterocycles. The summed E-state index contributed by atoms with van der Waals surface area (Å²) in [6.45, 7) is 4.44. The van der Waals surface area contributed by atoms with E-state index in [1.807, 2.05) is 60.5 Å². The highest BCUT2D eigenvalue weighted by Crippen LogP contribution is 2.35. The van der Waals surface area contributed by atoms with Gasteiger partial charge < -0.3 is 10.0 Å². The number of Topliss-reactive ketones (excluding diaryl/α,β-unsaturated/α-hetero) is 1. The van der Waals surface area contributed by atoms with Crippen LogP contribution in [-0.2, 0) is 19.0 Å². The number of amides is 1. The fourth-order valence-electron chi connectivity index (χ4n) is 6.30. The second-order valence-electron chi connectivity index (χ2n) is 12.3. The van der Waals surface area contributed by atoms with Crippen molar-refractivity contribution in [3.05, 3.63) is 122 Å². The Kier molecular flexibility index (Phi) is 10.7. The van der Waals surface area contributed by atoms with Gasteiger partial charge in [-0.15, -0.1) is 11.3 Å². The lowest BCUT2D eigenvalue weighted by molar-refractivity contribution is -0.137. The molecule has 5 rings (SSSR count). The summed E-state index contributed by atoms with van der Waals surface area (Å²) in [4.78, 5) is 34.0. The minimum atomic E-state index is -4.41. The predicted octanol–water partition coefficient (Wildman–Crippen LogP) is 8.57.